The first-order valence-corrected chi connectivity index (χ1v) is 16.4. The number of dihydropyridines is 1. The average Bonchev–Trinajstić information content (AvgIpc) is 3.56. The van der Waals surface area contributed by atoms with Crippen LogP contribution in [0.15, 0.2) is 60.1 Å². The minimum atomic E-state index is -1.19. The SMILES string of the molecule is CCC1C#CCC(C(O)CCc2ccc(O)c(OC(CC(Cc3ccc[nH]3)C3=CCNC(N)=C3)C(O)CO)c2)C(O)CCCC1. The number of aromatic nitrogens is 1. The van der Waals surface area contributed by atoms with E-state index in [1.54, 1.807) is 18.2 Å². The Kier molecular flexibility index (Phi) is 13.3. The summed E-state index contributed by atoms with van der Waals surface area (Å²) in [7, 11) is 0. The molecule has 0 spiro atoms. The van der Waals surface area contributed by atoms with Gasteiger partial charge in [0.2, 0.25) is 0 Å². The van der Waals surface area contributed by atoms with Crippen LogP contribution in [0.25, 0.3) is 0 Å². The molecular weight excluding hydrogens is 570 g/mol. The number of aliphatic hydroxyl groups is 4. The fourth-order valence-corrected chi connectivity index (χ4v) is 6.33. The van der Waals surface area contributed by atoms with Gasteiger partial charge in [0.1, 0.15) is 12.2 Å². The molecule has 1 aromatic carbocycles. The second kappa shape index (κ2) is 17.3. The van der Waals surface area contributed by atoms with Crippen LogP contribution < -0.4 is 15.8 Å². The molecule has 7 atom stereocenters. The third kappa shape index (κ3) is 10.3. The molecule has 0 radical (unpaired) electrons. The predicted molar refractivity (Wildman–Crippen MR) is 175 cm³/mol. The lowest BCUT2D eigenvalue weighted by atomic mass is 9.85. The van der Waals surface area contributed by atoms with Gasteiger partial charge in [-0.3, -0.25) is 0 Å². The second-order valence-corrected chi connectivity index (χ2v) is 12.5. The maximum atomic E-state index is 11.1. The van der Waals surface area contributed by atoms with Crippen molar-refractivity contribution in [3.8, 4) is 23.3 Å². The summed E-state index contributed by atoms with van der Waals surface area (Å²) in [5.41, 5.74) is 8.93. The molecule has 9 heteroatoms. The number of ether oxygens (including phenoxy) is 1. The Bertz CT molecular complexity index is 1310. The van der Waals surface area contributed by atoms with Crippen LogP contribution in [0.3, 0.4) is 0 Å². The highest BCUT2D eigenvalue weighted by Gasteiger charge is 2.29. The molecule has 2 heterocycles. The predicted octanol–water partition coefficient (Wildman–Crippen LogP) is 3.66. The van der Waals surface area contributed by atoms with Gasteiger partial charge < -0.3 is 46.3 Å². The van der Waals surface area contributed by atoms with Gasteiger partial charge in [0.05, 0.1) is 24.6 Å². The molecule has 0 bridgehead atoms. The van der Waals surface area contributed by atoms with Gasteiger partial charge in [-0.25, -0.2) is 0 Å². The Hall–Kier alpha value is -3.42. The first-order valence-electron chi connectivity index (χ1n) is 16.4. The number of nitrogens with one attached hydrogen (secondary N) is 2. The van der Waals surface area contributed by atoms with Gasteiger partial charge in [0, 0.05) is 36.7 Å². The van der Waals surface area contributed by atoms with Gasteiger partial charge in [0.25, 0.3) is 0 Å². The lowest BCUT2D eigenvalue weighted by molar-refractivity contribution is -0.0104. The molecule has 1 aliphatic carbocycles. The number of aromatic amines is 1. The van der Waals surface area contributed by atoms with Crippen LogP contribution in [0, 0.1) is 29.6 Å². The molecular formula is C36H51N3O6. The van der Waals surface area contributed by atoms with Crippen molar-refractivity contribution in [1.29, 1.82) is 0 Å². The van der Waals surface area contributed by atoms with Crippen LogP contribution in [0.1, 0.15) is 69.5 Å². The lowest BCUT2D eigenvalue weighted by Gasteiger charge is -2.29. The highest BCUT2D eigenvalue weighted by molar-refractivity contribution is 5.42. The molecule has 9 N–H and O–H groups in total. The van der Waals surface area contributed by atoms with Crippen LogP contribution in [-0.4, -0.2) is 68.1 Å². The fourth-order valence-electron chi connectivity index (χ4n) is 6.33. The van der Waals surface area contributed by atoms with E-state index in [1.165, 1.54) is 0 Å². The summed E-state index contributed by atoms with van der Waals surface area (Å²) < 4.78 is 6.24. The number of H-pyrrole nitrogens is 1. The minimum absolute atomic E-state index is 0.0795. The van der Waals surface area contributed by atoms with Gasteiger partial charge >= 0.3 is 0 Å². The number of phenols is 1. The molecule has 7 unspecified atom stereocenters. The van der Waals surface area contributed by atoms with Gasteiger partial charge in [-0.2, -0.15) is 0 Å². The Morgan fingerprint density at radius 2 is 1.98 bits per heavy atom. The third-order valence-electron chi connectivity index (χ3n) is 9.16. The van der Waals surface area contributed by atoms with E-state index in [4.69, 9.17) is 10.5 Å². The van der Waals surface area contributed by atoms with Crippen molar-refractivity contribution in [2.75, 3.05) is 13.2 Å². The fraction of sp³-hybridized carbons (Fsp3) is 0.556. The number of hydrogen-bond donors (Lipinski definition) is 8. The normalized spacial score (nSPS) is 23.3. The van der Waals surface area contributed by atoms with Crippen LogP contribution in [0.4, 0.5) is 0 Å². The number of aryl methyl sites for hydroxylation is 1. The minimum Gasteiger partial charge on any atom is -0.504 e. The maximum Gasteiger partial charge on any atom is 0.161 e. The average molecular weight is 622 g/mol. The van der Waals surface area contributed by atoms with Crippen molar-refractivity contribution >= 4 is 0 Å². The number of allylic oxidation sites excluding steroid dienone is 2. The van der Waals surface area contributed by atoms with E-state index in [9.17, 15) is 25.5 Å². The standard InChI is InChI=1S/C36H51N3O6/c1-2-24-7-3-4-11-30(41)29(10-5-8-24)31(42)14-12-25-13-15-32(43)34(19-25)45-35(33(44)23-40)21-27(20-28-9-6-17-38-28)26-16-18-39-36(37)22-26/h6,9,13,15-17,19,22,24,27,29-31,33,35,38-44H,2-4,7,10-12,14,18,20-21,23,37H2,1H3. The van der Waals surface area contributed by atoms with Crippen LogP contribution >= 0.6 is 0 Å². The number of hydrogen-bond acceptors (Lipinski definition) is 8. The van der Waals surface area contributed by atoms with E-state index in [0.29, 0.717) is 56.8 Å². The zero-order valence-corrected chi connectivity index (χ0v) is 26.4. The summed E-state index contributed by atoms with van der Waals surface area (Å²) in [4.78, 5) is 3.24. The van der Waals surface area contributed by atoms with E-state index >= 15 is 0 Å². The summed E-state index contributed by atoms with van der Waals surface area (Å²) in [5.74, 6) is 7.22. The maximum absolute atomic E-state index is 11.1. The molecule has 246 valence electrons. The van der Waals surface area contributed by atoms with Crippen molar-refractivity contribution in [2.24, 2.45) is 23.5 Å². The lowest BCUT2D eigenvalue weighted by Crippen LogP contribution is -2.37. The number of aliphatic hydroxyl groups excluding tert-OH is 4. The van der Waals surface area contributed by atoms with Gasteiger partial charge in [-0.15, -0.1) is 5.92 Å². The number of rotatable bonds is 14. The molecule has 2 aliphatic rings. The molecule has 1 aliphatic heterocycles. The summed E-state index contributed by atoms with van der Waals surface area (Å²) in [6.45, 7) is 2.23. The number of benzene rings is 1. The Morgan fingerprint density at radius 1 is 1.16 bits per heavy atom. The largest absolute Gasteiger partial charge is 0.504 e. The summed E-state index contributed by atoms with van der Waals surface area (Å²) in [6.07, 6.45) is 9.50. The van der Waals surface area contributed by atoms with E-state index in [-0.39, 0.29) is 23.3 Å². The van der Waals surface area contributed by atoms with Gasteiger partial charge in [-0.1, -0.05) is 37.8 Å². The molecule has 1 aromatic heterocycles. The van der Waals surface area contributed by atoms with Gasteiger partial charge in [0.15, 0.2) is 11.5 Å². The molecule has 2 aromatic rings. The number of phenolic OH excluding ortho intramolecular Hbond substituents is 1. The number of nitrogens with two attached hydrogens (primary N) is 1. The summed E-state index contributed by atoms with van der Waals surface area (Å²) >= 11 is 0. The van der Waals surface area contributed by atoms with Crippen LogP contribution in [0.2, 0.25) is 0 Å². The molecule has 9 nitrogen and oxygen atoms in total. The molecule has 0 fully saturated rings. The van der Waals surface area contributed by atoms with Gasteiger partial charge in [-0.05, 0) is 92.3 Å². The third-order valence-corrected chi connectivity index (χ3v) is 9.16. The molecule has 45 heavy (non-hydrogen) atoms. The van der Waals surface area contributed by atoms with Crippen molar-refractivity contribution in [1.82, 2.24) is 10.3 Å². The van der Waals surface area contributed by atoms with E-state index in [1.807, 2.05) is 24.4 Å². The van der Waals surface area contributed by atoms with Crippen molar-refractivity contribution < 1.29 is 30.3 Å². The first kappa shape index (κ1) is 34.5. The zero-order chi connectivity index (χ0) is 32.2. The topological polar surface area (TPSA) is 164 Å². The van der Waals surface area contributed by atoms with Crippen molar-refractivity contribution in [3.63, 3.8) is 0 Å². The zero-order valence-electron chi connectivity index (χ0n) is 26.4. The monoisotopic (exact) mass is 621 g/mol. The highest BCUT2D eigenvalue weighted by Crippen LogP contribution is 2.33. The summed E-state index contributed by atoms with van der Waals surface area (Å²) in [5, 5.41) is 56.5. The second-order valence-electron chi connectivity index (χ2n) is 12.5. The molecule has 0 saturated heterocycles. The number of aromatic hydroxyl groups is 1. The van der Waals surface area contributed by atoms with Crippen molar-refractivity contribution in [2.45, 2.75) is 95.5 Å². The van der Waals surface area contributed by atoms with Crippen LogP contribution in [0.5, 0.6) is 11.5 Å². The van der Waals surface area contributed by atoms with Crippen molar-refractivity contribution in [3.05, 3.63) is 71.3 Å². The first-order chi connectivity index (χ1) is 21.8. The van der Waals surface area contributed by atoms with E-state index in [0.717, 1.165) is 42.5 Å². The quantitative estimate of drug-likeness (QED) is 0.148. The summed E-state index contributed by atoms with van der Waals surface area (Å²) in [6, 6.07) is 8.97. The Labute approximate surface area is 267 Å². The van der Waals surface area contributed by atoms with E-state index in [2.05, 4.69) is 35.1 Å². The molecule has 4 rings (SSSR count). The highest BCUT2D eigenvalue weighted by atomic mass is 16.5. The smallest absolute Gasteiger partial charge is 0.161 e. The Morgan fingerprint density at radius 3 is 2.71 bits per heavy atom. The molecule has 0 saturated carbocycles. The molecule has 0 amide bonds. The Balaban J connectivity index is 1.46. The van der Waals surface area contributed by atoms with Crippen LogP contribution in [-0.2, 0) is 12.8 Å². The van der Waals surface area contributed by atoms with E-state index < -0.39 is 31.0 Å².